The fourth-order valence-corrected chi connectivity index (χ4v) is 5.93. The summed E-state index contributed by atoms with van der Waals surface area (Å²) in [7, 11) is 0. The summed E-state index contributed by atoms with van der Waals surface area (Å²) in [5.41, 5.74) is 2.75. The fourth-order valence-electron chi connectivity index (χ4n) is 5.93. The van der Waals surface area contributed by atoms with Gasteiger partial charge in [-0.25, -0.2) is 4.79 Å². The molecule has 0 N–H and O–H groups in total. The number of carbonyl (C=O) groups is 2. The largest absolute Gasteiger partial charge is 0.444 e. The number of fused-ring (bicyclic) bond motifs is 1. The Morgan fingerprint density at radius 2 is 1.74 bits per heavy atom. The number of nitrogens with zero attached hydrogens (tertiary/aromatic N) is 3. The maximum absolute atomic E-state index is 12.4. The summed E-state index contributed by atoms with van der Waals surface area (Å²) in [4.78, 5) is 31.1. The van der Waals surface area contributed by atoms with Crippen LogP contribution >= 0.6 is 0 Å². The predicted octanol–water partition coefficient (Wildman–Crippen LogP) is 3.98. The van der Waals surface area contributed by atoms with Crippen molar-refractivity contribution in [3.05, 3.63) is 23.3 Å². The van der Waals surface area contributed by atoms with E-state index in [1.807, 2.05) is 25.7 Å². The van der Waals surface area contributed by atoms with Crippen molar-refractivity contribution in [1.29, 1.82) is 0 Å². The van der Waals surface area contributed by atoms with Gasteiger partial charge in [-0.05, 0) is 78.0 Å². The smallest absolute Gasteiger partial charge is 0.410 e. The van der Waals surface area contributed by atoms with E-state index in [-0.39, 0.29) is 17.4 Å². The molecule has 0 aromatic rings. The molecule has 6 heteroatoms. The number of likely N-dealkylation sites (tertiary alicyclic amines) is 2. The number of hydrogen-bond acceptors (Lipinski definition) is 4. The zero-order chi connectivity index (χ0) is 22.2. The maximum Gasteiger partial charge on any atom is 0.410 e. The van der Waals surface area contributed by atoms with Gasteiger partial charge in [0.15, 0.2) is 0 Å². The van der Waals surface area contributed by atoms with Gasteiger partial charge in [0.05, 0.1) is 0 Å². The minimum atomic E-state index is -0.440. The van der Waals surface area contributed by atoms with Crippen LogP contribution in [0.2, 0.25) is 0 Å². The molecule has 2 saturated heterocycles. The van der Waals surface area contributed by atoms with Crippen LogP contribution in [-0.2, 0) is 9.53 Å². The predicted molar refractivity (Wildman–Crippen MR) is 122 cm³/mol. The van der Waals surface area contributed by atoms with E-state index in [1.54, 1.807) is 12.5 Å². The fraction of sp³-hybridized carbons (Fsp3) is 0.760. The minimum Gasteiger partial charge on any atom is -0.444 e. The van der Waals surface area contributed by atoms with Gasteiger partial charge >= 0.3 is 6.09 Å². The lowest BCUT2D eigenvalue weighted by Crippen LogP contribution is -2.55. The lowest BCUT2D eigenvalue weighted by molar-refractivity contribution is -0.130. The molecule has 4 rings (SSSR count). The standard InChI is InChI=1S/C25H39N3O3/c1-19(29)28-17-20-7-5-6-8-22(20)25(18-28)11-15-26(16-12-25)21-9-13-27(14-10-21)23(30)31-24(2,3)4/h5,7,21H,6,8-18H2,1-4H3. The molecule has 4 aliphatic rings. The quantitative estimate of drug-likeness (QED) is 0.633. The summed E-state index contributed by atoms with van der Waals surface area (Å²) >= 11 is 0. The van der Waals surface area contributed by atoms with Gasteiger partial charge in [0.2, 0.25) is 5.91 Å². The second-order valence-corrected chi connectivity index (χ2v) is 10.8. The molecule has 0 radical (unpaired) electrons. The molecule has 3 heterocycles. The van der Waals surface area contributed by atoms with Crippen LogP contribution in [0.5, 0.6) is 0 Å². The summed E-state index contributed by atoms with van der Waals surface area (Å²) in [5, 5.41) is 0. The average Bonchev–Trinajstić information content (AvgIpc) is 2.73. The SMILES string of the molecule is CC(=O)N1CC2=C(CCC=C2)C2(CCN(C3CCN(C(=O)OC(C)(C)C)CC3)CC2)C1. The third kappa shape index (κ3) is 4.84. The van der Waals surface area contributed by atoms with E-state index < -0.39 is 5.60 Å². The minimum absolute atomic E-state index is 0.164. The number of piperidine rings is 2. The molecule has 1 spiro atoms. The Morgan fingerprint density at radius 3 is 2.35 bits per heavy atom. The molecule has 172 valence electrons. The number of rotatable bonds is 1. The van der Waals surface area contributed by atoms with Crippen LogP contribution in [0, 0.1) is 5.41 Å². The van der Waals surface area contributed by atoms with Crippen molar-refractivity contribution in [3.8, 4) is 0 Å². The number of carbonyl (C=O) groups excluding carboxylic acids is 2. The van der Waals surface area contributed by atoms with Gasteiger partial charge in [-0.15, -0.1) is 0 Å². The van der Waals surface area contributed by atoms with Crippen molar-refractivity contribution in [2.24, 2.45) is 5.41 Å². The first-order valence-corrected chi connectivity index (χ1v) is 12.0. The van der Waals surface area contributed by atoms with Crippen LogP contribution in [0.4, 0.5) is 4.79 Å². The van der Waals surface area contributed by atoms with Gasteiger partial charge < -0.3 is 19.4 Å². The van der Waals surface area contributed by atoms with Crippen LogP contribution in [0.3, 0.4) is 0 Å². The molecule has 6 nitrogen and oxygen atoms in total. The van der Waals surface area contributed by atoms with Crippen LogP contribution < -0.4 is 0 Å². The van der Waals surface area contributed by atoms with Gasteiger partial charge in [0.25, 0.3) is 0 Å². The van der Waals surface area contributed by atoms with Gasteiger partial charge in [-0.2, -0.15) is 0 Å². The van der Waals surface area contributed by atoms with Gasteiger partial charge in [0, 0.05) is 44.6 Å². The third-order valence-electron chi connectivity index (χ3n) is 7.60. The lowest BCUT2D eigenvalue weighted by Gasteiger charge is -2.52. The molecule has 1 aliphatic carbocycles. The molecule has 0 bridgehead atoms. The highest BCUT2D eigenvalue weighted by Gasteiger charge is 2.45. The maximum atomic E-state index is 12.4. The average molecular weight is 430 g/mol. The summed E-state index contributed by atoms with van der Waals surface area (Å²) in [6.07, 6.45) is 11.0. The second kappa shape index (κ2) is 8.61. The van der Waals surface area contributed by atoms with E-state index >= 15 is 0 Å². The molecule has 0 atom stereocenters. The van der Waals surface area contributed by atoms with Crippen LogP contribution in [-0.4, -0.2) is 77.6 Å². The van der Waals surface area contributed by atoms with E-state index in [1.165, 1.54) is 5.57 Å². The highest BCUT2D eigenvalue weighted by molar-refractivity contribution is 5.74. The van der Waals surface area contributed by atoms with Crippen LogP contribution in [0.25, 0.3) is 0 Å². The second-order valence-electron chi connectivity index (χ2n) is 10.8. The third-order valence-corrected chi connectivity index (χ3v) is 7.60. The number of hydrogen-bond donors (Lipinski definition) is 0. The van der Waals surface area contributed by atoms with Crippen LogP contribution in [0.1, 0.15) is 66.2 Å². The van der Waals surface area contributed by atoms with Gasteiger partial charge in [-0.3, -0.25) is 4.79 Å². The molecule has 3 aliphatic heterocycles. The normalized spacial score (nSPS) is 25.0. The Bertz CT molecular complexity index is 763. The zero-order valence-corrected chi connectivity index (χ0v) is 19.8. The molecule has 0 aromatic carbocycles. The Labute approximate surface area is 187 Å². The zero-order valence-electron chi connectivity index (χ0n) is 19.8. The molecule has 31 heavy (non-hydrogen) atoms. The molecule has 2 amide bonds. The molecule has 0 saturated carbocycles. The molecular weight excluding hydrogens is 390 g/mol. The summed E-state index contributed by atoms with van der Waals surface area (Å²) in [6, 6.07) is 0.545. The van der Waals surface area contributed by atoms with Crippen molar-refractivity contribution < 1.29 is 14.3 Å². The number of ether oxygens (including phenoxy) is 1. The van der Waals surface area contributed by atoms with E-state index in [0.717, 1.165) is 77.8 Å². The highest BCUT2D eigenvalue weighted by atomic mass is 16.6. The molecular formula is C25H39N3O3. The summed E-state index contributed by atoms with van der Waals surface area (Å²) in [5.74, 6) is 0.196. The Kier molecular flexibility index (Phi) is 6.21. The Hall–Kier alpha value is -1.82. The first-order chi connectivity index (χ1) is 14.7. The summed E-state index contributed by atoms with van der Waals surface area (Å²) in [6.45, 7) is 12.9. The van der Waals surface area contributed by atoms with Crippen molar-refractivity contribution in [2.75, 3.05) is 39.3 Å². The molecule has 2 fully saturated rings. The number of allylic oxidation sites excluding steroid dienone is 1. The Balaban J connectivity index is 1.36. The Morgan fingerprint density at radius 1 is 1.06 bits per heavy atom. The van der Waals surface area contributed by atoms with E-state index in [9.17, 15) is 9.59 Å². The topological polar surface area (TPSA) is 53.1 Å². The number of amides is 2. The van der Waals surface area contributed by atoms with Crippen molar-refractivity contribution >= 4 is 12.0 Å². The van der Waals surface area contributed by atoms with Crippen molar-refractivity contribution in [2.45, 2.75) is 77.9 Å². The van der Waals surface area contributed by atoms with E-state index in [0.29, 0.717) is 6.04 Å². The lowest BCUT2D eigenvalue weighted by atomic mass is 9.66. The van der Waals surface area contributed by atoms with Crippen molar-refractivity contribution in [1.82, 2.24) is 14.7 Å². The molecule has 0 aromatic heterocycles. The van der Waals surface area contributed by atoms with E-state index in [4.69, 9.17) is 4.74 Å². The van der Waals surface area contributed by atoms with Crippen LogP contribution in [0.15, 0.2) is 23.3 Å². The first-order valence-electron chi connectivity index (χ1n) is 12.0. The van der Waals surface area contributed by atoms with Crippen molar-refractivity contribution in [3.63, 3.8) is 0 Å². The highest BCUT2D eigenvalue weighted by Crippen LogP contribution is 2.47. The molecule has 0 unspecified atom stereocenters. The monoisotopic (exact) mass is 429 g/mol. The van der Waals surface area contributed by atoms with Gasteiger partial charge in [-0.1, -0.05) is 17.7 Å². The first kappa shape index (κ1) is 22.4. The van der Waals surface area contributed by atoms with Gasteiger partial charge in [0.1, 0.15) is 5.60 Å². The summed E-state index contributed by atoms with van der Waals surface area (Å²) < 4.78 is 5.54. The van der Waals surface area contributed by atoms with E-state index in [2.05, 4.69) is 22.0 Å².